The number of amides is 2. The van der Waals surface area contributed by atoms with Crippen molar-refractivity contribution in [2.45, 2.75) is 38.8 Å². The predicted molar refractivity (Wildman–Crippen MR) is 145 cm³/mol. The summed E-state index contributed by atoms with van der Waals surface area (Å²) in [6.45, 7) is 3.27. The molecule has 0 saturated carbocycles. The molecule has 0 bridgehead atoms. The molecule has 3 aromatic carbocycles. The minimum Gasteiger partial charge on any atom is -0.338 e. The molecule has 4 aromatic rings. The van der Waals surface area contributed by atoms with Crippen LogP contribution in [-0.4, -0.2) is 33.9 Å². The van der Waals surface area contributed by atoms with E-state index in [-0.39, 0.29) is 17.9 Å². The third-order valence-corrected chi connectivity index (χ3v) is 7.43. The lowest BCUT2D eigenvalue weighted by Crippen LogP contribution is -2.43. The first kappa shape index (κ1) is 22.4. The summed E-state index contributed by atoms with van der Waals surface area (Å²) in [4.78, 5) is 30.7. The summed E-state index contributed by atoms with van der Waals surface area (Å²) in [6.07, 6.45) is 7.32. The molecule has 3 heterocycles. The molecular formula is C31H29N3O2. The molecule has 5 nitrogen and oxygen atoms in total. The van der Waals surface area contributed by atoms with Gasteiger partial charge in [-0.3, -0.25) is 14.5 Å². The van der Waals surface area contributed by atoms with E-state index in [1.807, 2.05) is 94.5 Å². The minimum atomic E-state index is -0.0440. The Labute approximate surface area is 211 Å². The Kier molecular flexibility index (Phi) is 5.68. The summed E-state index contributed by atoms with van der Waals surface area (Å²) < 4.78 is 2.03. The van der Waals surface area contributed by atoms with E-state index in [1.165, 1.54) is 6.42 Å². The van der Waals surface area contributed by atoms with Crippen molar-refractivity contribution in [2.24, 2.45) is 0 Å². The lowest BCUT2D eigenvalue weighted by Gasteiger charge is -2.33. The van der Waals surface area contributed by atoms with Gasteiger partial charge in [0.05, 0.1) is 11.3 Å². The topological polar surface area (TPSA) is 45.6 Å². The predicted octanol–water partition coefficient (Wildman–Crippen LogP) is 6.26. The number of hydrogen-bond donors (Lipinski definition) is 0. The Hall–Kier alpha value is -4.12. The van der Waals surface area contributed by atoms with Gasteiger partial charge in [-0.15, -0.1) is 0 Å². The number of likely N-dealkylation sites (tertiary alicyclic amines) is 1. The van der Waals surface area contributed by atoms with Crippen molar-refractivity contribution in [3.63, 3.8) is 0 Å². The molecule has 0 spiro atoms. The number of para-hydroxylation sites is 3. The average molecular weight is 476 g/mol. The second-order valence-corrected chi connectivity index (χ2v) is 9.71. The number of aromatic nitrogens is 1. The van der Waals surface area contributed by atoms with Crippen LogP contribution in [0.4, 0.5) is 11.4 Å². The molecule has 1 saturated heterocycles. The second kappa shape index (κ2) is 9.15. The number of carbonyl (C=O) groups excluding carboxylic acids is 2. The van der Waals surface area contributed by atoms with Gasteiger partial charge in [0.2, 0.25) is 5.91 Å². The minimum absolute atomic E-state index is 0.0440. The van der Waals surface area contributed by atoms with Crippen LogP contribution in [0.25, 0.3) is 22.6 Å². The van der Waals surface area contributed by atoms with Gasteiger partial charge in [-0.2, -0.15) is 0 Å². The van der Waals surface area contributed by atoms with Gasteiger partial charge in [-0.1, -0.05) is 54.6 Å². The van der Waals surface area contributed by atoms with Crippen LogP contribution in [0.2, 0.25) is 0 Å². The van der Waals surface area contributed by atoms with Crippen molar-refractivity contribution >= 4 is 45.7 Å². The number of nitrogens with zero attached hydrogens (tertiary/aromatic N) is 3. The van der Waals surface area contributed by atoms with Gasteiger partial charge in [-0.05, 0) is 56.5 Å². The van der Waals surface area contributed by atoms with Crippen LogP contribution in [0.15, 0.2) is 85.1 Å². The van der Waals surface area contributed by atoms with E-state index < -0.39 is 0 Å². The van der Waals surface area contributed by atoms with Crippen molar-refractivity contribution in [2.75, 3.05) is 11.4 Å². The fourth-order valence-electron chi connectivity index (χ4n) is 5.60. The highest BCUT2D eigenvalue weighted by molar-refractivity contribution is 6.38. The van der Waals surface area contributed by atoms with Crippen LogP contribution in [0.1, 0.15) is 37.3 Å². The third-order valence-electron chi connectivity index (χ3n) is 7.43. The highest BCUT2D eigenvalue weighted by Crippen LogP contribution is 2.42. The molecular weight excluding hydrogens is 446 g/mol. The van der Waals surface area contributed by atoms with Gasteiger partial charge in [0.1, 0.15) is 6.54 Å². The number of anilines is 2. The van der Waals surface area contributed by atoms with Crippen LogP contribution in [-0.2, 0) is 16.1 Å². The summed E-state index contributed by atoms with van der Waals surface area (Å²) in [7, 11) is 0. The molecule has 1 atom stereocenters. The van der Waals surface area contributed by atoms with Gasteiger partial charge >= 0.3 is 0 Å². The summed E-state index contributed by atoms with van der Waals surface area (Å²) in [5, 5.41) is 1.04. The lowest BCUT2D eigenvalue weighted by atomic mass is 10.0. The number of benzene rings is 3. The van der Waals surface area contributed by atoms with Crippen LogP contribution in [0, 0.1) is 0 Å². The summed E-state index contributed by atoms with van der Waals surface area (Å²) in [5.74, 6) is 0.108. The van der Waals surface area contributed by atoms with E-state index in [9.17, 15) is 9.59 Å². The zero-order chi connectivity index (χ0) is 24.6. The number of fused-ring (bicyclic) bond motifs is 2. The molecule has 2 aliphatic heterocycles. The van der Waals surface area contributed by atoms with Gasteiger partial charge in [0.15, 0.2) is 0 Å². The molecule has 2 aliphatic rings. The van der Waals surface area contributed by atoms with E-state index in [4.69, 9.17) is 0 Å². The Morgan fingerprint density at radius 2 is 1.69 bits per heavy atom. The number of carbonyl (C=O) groups is 2. The monoisotopic (exact) mass is 475 g/mol. The normalized spacial score (nSPS) is 18.8. The maximum atomic E-state index is 13.7. The zero-order valence-corrected chi connectivity index (χ0v) is 20.4. The summed E-state index contributed by atoms with van der Waals surface area (Å²) in [6, 6.07) is 26.1. The van der Waals surface area contributed by atoms with E-state index in [2.05, 4.69) is 13.0 Å². The Balaban J connectivity index is 1.40. The molecule has 1 aromatic heterocycles. The van der Waals surface area contributed by atoms with E-state index >= 15 is 0 Å². The number of piperidine rings is 1. The largest absolute Gasteiger partial charge is 0.338 e. The van der Waals surface area contributed by atoms with Crippen LogP contribution < -0.4 is 4.90 Å². The smallest absolute Gasteiger partial charge is 0.263 e. The maximum absolute atomic E-state index is 13.7. The van der Waals surface area contributed by atoms with Crippen molar-refractivity contribution in [3.05, 3.63) is 96.2 Å². The van der Waals surface area contributed by atoms with Crippen molar-refractivity contribution in [3.8, 4) is 0 Å². The quantitative estimate of drug-likeness (QED) is 0.327. The first-order valence-electron chi connectivity index (χ1n) is 12.7. The molecule has 1 fully saturated rings. The van der Waals surface area contributed by atoms with Gasteiger partial charge in [0, 0.05) is 46.5 Å². The van der Waals surface area contributed by atoms with Crippen LogP contribution in [0.5, 0.6) is 0 Å². The lowest BCUT2D eigenvalue weighted by molar-refractivity contribution is -0.135. The summed E-state index contributed by atoms with van der Waals surface area (Å²) >= 11 is 0. The molecule has 36 heavy (non-hydrogen) atoms. The van der Waals surface area contributed by atoms with Gasteiger partial charge in [0.25, 0.3) is 5.91 Å². The number of hydrogen-bond acceptors (Lipinski definition) is 2. The SMILES string of the molecule is CC1CCCCN1C(=O)Cn1cc(/C=C2/C(=O)N(c3ccccc3)c3ccccc32)c2ccccc21. The third kappa shape index (κ3) is 3.81. The molecule has 6 rings (SSSR count). The fraction of sp³-hybridized carbons (Fsp3) is 0.226. The van der Waals surface area contributed by atoms with Crippen molar-refractivity contribution < 1.29 is 9.59 Å². The molecule has 180 valence electrons. The van der Waals surface area contributed by atoms with Gasteiger partial charge in [-0.25, -0.2) is 0 Å². The Morgan fingerprint density at radius 3 is 2.53 bits per heavy atom. The maximum Gasteiger partial charge on any atom is 0.263 e. The molecule has 0 aliphatic carbocycles. The van der Waals surface area contributed by atoms with E-state index in [0.717, 1.165) is 52.8 Å². The van der Waals surface area contributed by atoms with E-state index in [0.29, 0.717) is 12.1 Å². The Morgan fingerprint density at radius 1 is 0.944 bits per heavy atom. The summed E-state index contributed by atoms with van der Waals surface area (Å²) in [5.41, 5.74) is 5.26. The van der Waals surface area contributed by atoms with Crippen LogP contribution >= 0.6 is 0 Å². The molecule has 1 unspecified atom stereocenters. The highest BCUT2D eigenvalue weighted by atomic mass is 16.2. The first-order valence-corrected chi connectivity index (χ1v) is 12.7. The zero-order valence-electron chi connectivity index (χ0n) is 20.4. The fourth-order valence-corrected chi connectivity index (χ4v) is 5.60. The standard InChI is InChI=1S/C31H29N3O2/c1-22-11-9-10-18-33(22)30(35)21-32-20-23(25-14-5-7-16-28(25)32)19-27-26-15-6-8-17-29(26)34(31(27)36)24-12-3-2-4-13-24/h2-8,12-17,19-20,22H,9-11,18,21H2,1H3/b27-19+. The Bertz CT molecular complexity index is 1480. The number of rotatable bonds is 4. The van der Waals surface area contributed by atoms with E-state index in [1.54, 1.807) is 4.90 Å². The van der Waals surface area contributed by atoms with Crippen molar-refractivity contribution in [1.29, 1.82) is 0 Å². The second-order valence-electron chi connectivity index (χ2n) is 9.71. The van der Waals surface area contributed by atoms with Crippen LogP contribution in [0.3, 0.4) is 0 Å². The molecule has 5 heteroatoms. The van der Waals surface area contributed by atoms with Gasteiger partial charge < -0.3 is 9.47 Å². The molecule has 2 amide bonds. The highest BCUT2D eigenvalue weighted by Gasteiger charge is 2.33. The first-order chi connectivity index (χ1) is 17.6. The molecule has 0 N–H and O–H groups in total. The average Bonchev–Trinajstić information content (AvgIpc) is 3.39. The molecule has 0 radical (unpaired) electrons. The van der Waals surface area contributed by atoms with Crippen molar-refractivity contribution in [1.82, 2.24) is 9.47 Å².